The summed E-state index contributed by atoms with van der Waals surface area (Å²) in [5.41, 5.74) is 6.73. The molecule has 0 bridgehead atoms. The molecule has 0 spiro atoms. The van der Waals surface area contributed by atoms with Crippen LogP contribution in [-0.2, 0) is 17.8 Å². The Hall–Kier alpha value is -2.92. The molecule has 3 aromatic rings. The highest BCUT2D eigenvalue weighted by Gasteiger charge is 2.29. The van der Waals surface area contributed by atoms with Gasteiger partial charge in [0.25, 0.3) is 0 Å². The number of carboxylic acids is 1. The number of rotatable bonds is 6. The van der Waals surface area contributed by atoms with E-state index < -0.39 is 5.97 Å². The third-order valence-corrected chi connectivity index (χ3v) is 5.80. The fourth-order valence-corrected chi connectivity index (χ4v) is 4.03. The van der Waals surface area contributed by atoms with Crippen molar-refractivity contribution in [2.45, 2.75) is 33.2 Å². The van der Waals surface area contributed by atoms with Crippen LogP contribution in [0, 0.1) is 12.8 Å². The first kappa shape index (κ1) is 19.4. The minimum Gasteiger partial charge on any atom is -0.481 e. The molecule has 0 amide bonds. The van der Waals surface area contributed by atoms with Gasteiger partial charge in [0, 0.05) is 30.4 Å². The number of carboxylic acid groups (broad SMARTS) is 1. The number of hydrogen-bond donors (Lipinski definition) is 1. The van der Waals surface area contributed by atoms with Crippen LogP contribution in [0.15, 0.2) is 54.7 Å². The molecule has 1 saturated heterocycles. The van der Waals surface area contributed by atoms with Gasteiger partial charge in [0.05, 0.1) is 17.3 Å². The minimum atomic E-state index is -0.696. The predicted molar refractivity (Wildman–Crippen MR) is 114 cm³/mol. The normalized spacial score (nSPS) is 17.0. The van der Waals surface area contributed by atoms with Crippen LogP contribution in [-0.4, -0.2) is 38.8 Å². The lowest BCUT2D eigenvalue weighted by atomic mass is 10.0. The number of aromatic nitrogens is 2. The van der Waals surface area contributed by atoms with Crippen LogP contribution in [0.2, 0.25) is 0 Å². The highest BCUT2D eigenvalue weighted by atomic mass is 16.4. The van der Waals surface area contributed by atoms with Crippen LogP contribution >= 0.6 is 0 Å². The van der Waals surface area contributed by atoms with E-state index in [1.54, 1.807) is 0 Å². The number of hydrogen-bond acceptors (Lipinski definition) is 3. The summed E-state index contributed by atoms with van der Waals surface area (Å²) in [5, 5.41) is 14.3. The lowest BCUT2D eigenvalue weighted by Gasteiger charge is -2.15. The zero-order valence-electron chi connectivity index (χ0n) is 17.0. The Kier molecular flexibility index (Phi) is 5.49. The van der Waals surface area contributed by atoms with Crippen molar-refractivity contribution in [1.29, 1.82) is 0 Å². The van der Waals surface area contributed by atoms with Crippen molar-refractivity contribution >= 4 is 5.97 Å². The molecular formula is C24H27N3O2. The molecule has 29 heavy (non-hydrogen) atoms. The van der Waals surface area contributed by atoms with Gasteiger partial charge in [-0.15, -0.1) is 0 Å². The number of para-hydroxylation sites is 1. The van der Waals surface area contributed by atoms with Crippen LogP contribution in [0.25, 0.3) is 16.9 Å². The standard InChI is InChI=1S/C24H27N3O2/c1-3-18-8-10-19(11-9-18)23-21(15-26-13-12-20(14-26)24(28)29)16-27(25-23)22-7-5-4-6-17(22)2/h4-11,16,20H,3,12-15H2,1-2H3,(H,28,29). The number of carbonyl (C=O) groups is 1. The second-order valence-electron chi connectivity index (χ2n) is 7.84. The van der Waals surface area contributed by atoms with Crippen LogP contribution in [0.4, 0.5) is 0 Å². The van der Waals surface area contributed by atoms with Gasteiger partial charge in [0.2, 0.25) is 0 Å². The maximum Gasteiger partial charge on any atom is 0.307 e. The lowest BCUT2D eigenvalue weighted by molar-refractivity contribution is -0.141. The summed E-state index contributed by atoms with van der Waals surface area (Å²) in [7, 11) is 0. The summed E-state index contributed by atoms with van der Waals surface area (Å²) >= 11 is 0. The molecular weight excluding hydrogens is 362 g/mol. The number of benzene rings is 2. The first-order chi connectivity index (χ1) is 14.0. The highest BCUT2D eigenvalue weighted by Crippen LogP contribution is 2.28. The number of aliphatic carboxylic acids is 1. The van der Waals surface area contributed by atoms with Crippen LogP contribution in [0.3, 0.4) is 0 Å². The smallest absolute Gasteiger partial charge is 0.307 e. The molecule has 2 heterocycles. The summed E-state index contributed by atoms with van der Waals surface area (Å²) in [6.45, 7) is 6.35. The van der Waals surface area contributed by atoms with E-state index in [9.17, 15) is 9.90 Å². The number of likely N-dealkylation sites (tertiary alicyclic amines) is 1. The molecule has 1 unspecified atom stereocenters. The second kappa shape index (κ2) is 8.21. The molecule has 2 aromatic carbocycles. The van der Waals surface area contributed by atoms with E-state index in [0.717, 1.165) is 35.5 Å². The summed E-state index contributed by atoms with van der Waals surface area (Å²) < 4.78 is 1.96. The van der Waals surface area contributed by atoms with E-state index in [1.807, 2.05) is 16.8 Å². The van der Waals surface area contributed by atoms with Crippen molar-refractivity contribution in [3.05, 3.63) is 71.4 Å². The Morgan fingerprint density at radius 2 is 1.93 bits per heavy atom. The summed E-state index contributed by atoms with van der Waals surface area (Å²) in [6, 6.07) is 16.8. The van der Waals surface area contributed by atoms with Crippen molar-refractivity contribution < 1.29 is 9.90 Å². The fourth-order valence-electron chi connectivity index (χ4n) is 4.03. The molecule has 1 atom stereocenters. The van der Waals surface area contributed by atoms with Gasteiger partial charge in [0.1, 0.15) is 0 Å². The van der Waals surface area contributed by atoms with Crippen LogP contribution in [0.1, 0.15) is 30.0 Å². The van der Waals surface area contributed by atoms with Gasteiger partial charge in [-0.1, -0.05) is 49.4 Å². The van der Waals surface area contributed by atoms with Crippen molar-refractivity contribution in [1.82, 2.24) is 14.7 Å². The van der Waals surface area contributed by atoms with Gasteiger partial charge in [-0.2, -0.15) is 5.10 Å². The molecule has 0 aliphatic carbocycles. The second-order valence-corrected chi connectivity index (χ2v) is 7.84. The zero-order valence-corrected chi connectivity index (χ0v) is 17.0. The van der Waals surface area contributed by atoms with E-state index in [1.165, 1.54) is 11.1 Å². The largest absolute Gasteiger partial charge is 0.481 e. The summed E-state index contributed by atoms with van der Waals surface area (Å²) in [4.78, 5) is 13.6. The van der Waals surface area contributed by atoms with Crippen molar-refractivity contribution in [2.75, 3.05) is 13.1 Å². The van der Waals surface area contributed by atoms with Crippen LogP contribution < -0.4 is 0 Å². The molecule has 5 nitrogen and oxygen atoms in total. The summed E-state index contributed by atoms with van der Waals surface area (Å²) in [5.74, 6) is -0.966. The van der Waals surface area contributed by atoms with Gasteiger partial charge in [-0.05, 0) is 43.5 Å². The minimum absolute atomic E-state index is 0.270. The van der Waals surface area contributed by atoms with Gasteiger partial charge in [-0.3, -0.25) is 9.69 Å². The Morgan fingerprint density at radius 1 is 1.17 bits per heavy atom. The molecule has 0 radical (unpaired) electrons. The van der Waals surface area contributed by atoms with Gasteiger partial charge < -0.3 is 5.11 Å². The fraction of sp³-hybridized carbons (Fsp3) is 0.333. The molecule has 1 N–H and O–H groups in total. The van der Waals surface area contributed by atoms with Gasteiger partial charge in [0.15, 0.2) is 0 Å². The maximum atomic E-state index is 11.3. The average Bonchev–Trinajstić information content (AvgIpc) is 3.36. The van der Waals surface area contributed by atoms with Crippen LogP contribution in [0.5, 0.6) is 0 Å². The van der Waals surface area contributed by atoms with Gasteiger partial charge in [-0.25, -0.2) is 4.68 Å². The Labute approximate surface area is 171 Å². The Bertz CT molecular complexity index is 1010. The third-order valence-electron chi connectivity index (χ3n) is 5.80. The molecule has 4 rings (SSSR count). The SMILES string of the molecule is CCc1ccc(-c2nn(-c3ccccc3C)cc2CN2CCC(C(=O)O)C2)cc1. The van der Waals surface area contributed by atoms with Crippen molar-refractivity contribution in [3.63, 3.8) is 0 Å². The van der Waals surface area contributed by atoms with E-state index >= 15 is 0 Å². The molecule has 1 aliphatic rings. The van der Waals surface area contributed by atoms with Crippen molar-refractivity contribution in [2.24, 2.45) is 5.92 Å². The quantitative estimate of drug-likeness (QED) is 0.682. The predicted octanol–water partition coefficient (Wildman–Crippen LogP) is 4.32. The van der Waals surface area contributed by atoms with E-state index in [0.29, 0.717) is 19.5 Å². The average molecular weight is 389 g/mol. The Balaban J connectivity index is 1.69. The monoisotopic (exact) mass is 389 g/mol. The van der Waals surface area contributed by atoms with E-state index in [-0.39, 0.29) is 5.92 Å². The maximum absolute atomic E-state index is 11.3. The first-order valence-corrected chi connectivity index (χ1v) is 10.2. The molecule has 150 valence electrons. The highest BCUT2D eigenvalue weighted by molar-refractivity contribution is 5.70. The first-order valence-electron chi connectivity index (χ1n) is 10.2. The molecule has 1 fully saturated rings. The molecule has 1 aliphatic heterocycles. The number of aryl methyl sites for hydroxylation is 2. The summed E-state index contributed by atoms with van der Waals surface area (Å²) in [6.07, 6.45) is 3.82. The van der Waals surface area contributed by atoms with E-state index in [4.69, 9.17) is 5.10 Å². The third kappa shape index (κ3) is 4.10. The molecule has 5 heteroatoms. The molecule has 0 saturated carbocycles. The topological polar surface area (TPSA) is 58.4 Å². The van der Waals surface area contributed by atoms with Crippen molar-refractivity contribution in [3.8, 4) is 16.9 Å². The molecule has 1 aromatic heterocycles. The van der Waals surface area contributed by atoms with Gasteiger partial charge >= 0.3 is 5.97 Å². The van der Waals surface area contributed by atoms with E-state index in [2.05, 4.69) is 61.3 Å². The zero-order chi connectivity index (χ0) is 20.4. The lowest BCUT2D eigenvalue weighted by Crippen LogP contribution is -2.22. The number of nitrogens with zero attached hydrogens (tertiary/aromatic N) is 3. The Morgan fingerprint density at radius 3 is 2.59 bits per heavy atom.